The molecule has 0 bridgehead atoms. The number of fused-ring (bicyclic) bond motifs is 1. The molecule has 3 N–H and O–H groups in total. The van der Waals surface area contributed by atoms with E-state index in [0.29, 0.717) is 19.0 Å². The molecule has 0 aliphatic carbocycles. The highest BCUT2D eigenvalue weighted by Gasteiger charge is 2.24. The number of nitrogens with one attached hydrogen (secondary N) is 2. The Morgan fingerprint density at radius 2 is 2.04 bits per heavy atom. The Balaban J connectivity index is 1.71. The van der Waals surface area contributed by atoms with Crippen LogP contribution < -0.4 is 10.6 Å². The number of hydrogen-bond donors (Lipinski definition) is 3. The number of hydrogen-bond acceptors (Lipinski definition) is 4. The average molecular weight is 372 g/mol. The molecule has 0 saturated carbocycles. The minimum atomic E-state index is -0.945. The molecule has 3 aromatic rings. The van der Waals surface area contributed by atoms with Gasteiger partial charge in [-0.1, -0.05) is 24.3 Å². The van der Waals surface area contributed by atoms with E-state index in [1.54, 1.807) is 18.3 Å². The number of rotatable bonds is 6. The molecule has 1 aromatic carbocycles. The van der Waals surface area contributed by atoms with Gasteiger partial charge in [-0.3, -0.25) is 0 Å². The Bertz CT molecular complexity index is 882. The molecular weight excluding hydrogens is 346 g/mol. The van der Waals surface area contributed by atoms with E-state index in [1.165, 1.54) is 0 Å². The zero-order valence-electron chi connectivity index (χ0n) is 15.4. The van der Waals surface area contributed by atoms with Gasteiger partial charge < -0.3 is 20.2 Å². The van der Waals surface area contributed by atoms with Crippen molar-refractivity contribution in [2.24, 2.45) is 4.99 Å². The molecule has 1 atom stereocenters. The van der Waals surface area contributed by atoms with Crippen LogP contribution in [-0.2, 0) is 12.1 Å². The molecule has 0 amide bonds. The van der Waals surface area contributed by atoms with Crippen LogP contribution in [0.4, 0.5) is 0 Å². The van der Waals surface area contributed by atoms with Crippen LogP contribution in [-0.4, -0.2) is 24.2 Å². The van der Waals surface area contributed by atoms with E-state index in [1.807, 2.05) is 42.6 Å². The first-order valence-electron chi connectivity index (χ1n) is 8.77. The Morgan fingerprint density at radius 3 is 2.73 bits per heavy atom. The van der Waals surface area contributed by atoms with E-state index in [4.69, 9.17) is 4.42 Å². The predicted octanol–water partition coefficient (Wildman–Crippen LogP) is 3.77. The maximum absolute atomic E-state index is 10.7. The summed E-state index contributed by atoms with van der Waals surface area (Å²) in [5, 5.41) is 20.2. The van der Waals surface area contributed by atoms with Crippen LogP contribution >= 0.6 is 11.3 Å². The Labute approximate surface area is 157 Å². The number of benzene rings is 1. The molecule has 0 saturated heterocycles. The molecule has 0 aliphatic heterocycles. The van der Waals surface area contributed by atoms with Gasteiger partial charge in [0.25, 0.3) is 0 Å². The monoisotopic (exact) mass is 371 g/mol. The van der Waals surface area contributed by atoms with Crippen molar-refractivity contribution in [1.29, 1.82) is 0 Å². The van der Waals surface area contributed by atoms with Crippen LogP contribution in [0, 0.1) is 6.92 Å². The normalized spacial score (nSPS) is 14.4. The Morgan fingerprint density at radius 1 is 1.23 bits per heavy atom. The molecule has 2 heterocycles. The van der Waals surface area contributed by atoms with E-state index in [0.717, 1.165) is 33.7 Å². The fourth-order valence-corrected chi connectivity index (χ4v) is 3.58. The lowest BCUT2D eigenvalue weighted by molar-refractivity contribution is 0.0655. The third-order valence-corrected chi connectivity index (χ3v) is 5.44. The summed E-state index contributed by atoms with van der Waals surface area (Å²) in [6.07, 6.45) is 0. The predicted molar refractivity (Wildman–Crippen MR) is 108 cm³/mol. The number of guanidine groups is 1. The largest absolute Gasteiger partial charge is 0.459 e. The molecule has 3 rings (SSSR count). The van der Waals surface area contributed by atoms with Crippen LogP contribution in [0.2, 0.25) is 0 Å². The van der Waals surface area contributed by atoms with Gasteiger partial charge in [-0.15, -0.1) is 11.3 Å². The summed E-state index contributed by atoms with van der Waals surface area (Å²) in [7, 11) is 0. The van der Waals surface area contributed by atoms with Crippen LogP contribution in [0.5, 0.6) is 0 Å². The lowest BCUT2D eigenvalue weighted by Gasteiger charge is -2.23. The van der Waals surface area contributed by atoms with Crippen LogP contribution in [0.15, 0.2) is 51.2 Å². The van der Waals surface area contributed by atoms with Crippen LogP contribution in [0.3, 0.4) is 0 Å². The second kappa shape index (κ2) is 7.93. The maximum Gasteiger partial charge on any atom is 0.191 e. The maximum atomic E-state index is 10.7. The van der Waals surface area contributed by atoms with Crippen molar-refractivity contribution in [3.63, 3.8) is 0 Å². The number of furan rings is 1. The van der Waals surface area contributed by atoms with Gasteiger partial charge in [-0.2, -0.15) is 0 Å². The topological polar surface area (TPSA) is 69.8 Å². The highest BCUT2D eigenvalue weighted by atomic mass is 32.1. The van der Waals surface area contributed by atoms with Gasteiger partial charge in [0.1, 0.15) is 23.5 Å². The SMILES string of the molecule is CCNC(=NCc1oc2ccccc2c1C)NCC(C)(O)c1cccs1. The highest BCUT2D eigenvalue weighted by molar-refractivity contribution is 7.10. The molecular formula is C20H25N3O2S. The van der Waals surface area contributed by atoms with Gasteiger partial charge in [0, 0.05) is 22.4 Å². The second-order valence-electron chi connectivity index (χ2n) is 6.45. The van der Waals surface area contributed by atoms with Gasteiger partial charge in [0.2, 0.25) is 0 Å². The molecule has 2 aromatic heterocycles. The van der Waals surface area contributed by atoms with Gasteiger partial charge in [0.15, 0.2) is 5.96 Å². The van der Waals surface area contributed by atoms with Crippen LogP contribution in [0.1, 0.15) is 30.0 Å². The first kappa shape index (κ1) is 18.5. The standard InChI is InChI=1S/C20H25N3O2S/c1-4-21-19(23-13-20(3,24)18-10-7-11-26-18)22-12-17-14(2)15-8-5-6-9-16(15)25-17/h5-11,24H,4,12-13H2,1-3H3,(H2,21,22,23). The Hall–Kier alpha value is -2.31. The summed E-state index contributed by atoms with van der Waals surface area (Å²) in [4.78, 5) is 5.54. The fourth-order valence-electron chi connectivity index (χ4n) is 2.80. The molecule has 138 valence electrons. The third-order valence-electron chi connectivity index (χ3n) is 4.32. The summed E-state index contributed by atoms with van der Waals surface area (Å²) in [5.74, 6) is 1.51. The van der Waals surface area contributed by atoms with Gasteiger partial charge in [-0.05, 0) is 38.3 Å². The summed E-state index contributed by atoms with van der Waals surface area (Å²) in [6, 6.07) is 11.9. The minimum Gasteiger partial charge on any atom is -0.459 e. The van der Waals surface area contributed by atoms with Crippen LogP contribution in [0.25, 0.3) is 11.0 Å². The van der Waals surface area contributed by atoms with Crippen molar-refractivity contribution in [3.8, 4) is 0 Å². The average Bonchev–Trinajstić information content (AvgIpc) is 3.27. The van der Waals surface area contributed by atoms with Gasteiger partial charge in [0.05, 0.1) is 6.54 Å². The van der Waals surface area contributed by atoms with E-state index in [2.05, 4.69) is 28.6 Å². The molecule has 5 nitrogen and oxygen atoms in total. The zero-order chi connectivity index (χ0) is 18.6. The number of aryl methyl sites for hydroxylation is 1. The highest BCUT2D eigenvalue weighted by Crippen LogP contribution is 2.26. The van der Waals surface area contributed by atoms with Gasteiger partial charge >= 0.3 is 0 Å². The van der Waals surface area contributed by atoms with E-state index < -0.39 is 5.60 Å². The molecule has 0 spiro atoms. The van der Waals surface area contributed by atoms with E-state index in [9.17, 15) is 5.11 Å². The summed E-state index contributed by atoms with van der Waals surface area (Å²) in [5.41, 5.74) is 1.05. The smallest absolute Gasteiger partial charge is 0.191 e. The quantitative estimate of drug-likeness (QED) is 0.456. The lowest BCUT2D eigenvalue weighted by atomic mass is 10.1. The van der Waals surface area contributed by atoms with Crippen molar-refractivity contribution >= 4 is 28.3 Å². The lowest BCUT2D eigenvalue weighted by Crippen LogP contribution is -2.44. The van der Waals surface area contributed by atoms with Crippen molar-refractivity contribution in [2.45, 2.75) is 32.9 Å². The zero-order valence-corrected chi connectivity index (χ0v) is 16.2. The molecule has 0 fully saturated rings. The summed E-state index contributed by atoms with van der Waals surface area (Å²) < 4.78 is 5.92. The van der Waals surface area contributed by atoms with E-state index in [-0.39, 0.29) is 0 Å². The van der Waals surface area contributed by atoms with Crippen molar-refractivity contribution in [3.05, 3.63) is 58.0 Å². The second-order valence-corrected chi connectivity index (χ2v) is 7.39. The number of para-hydroxylation sites is 1. The first-order chi connectivity index (χ1) is 12.5. The van der Waals surface area contributed by atoms with E-state index >= 15 is 0 Å². The molecule has 0 radical (unpaired) electrons. The molecule has 6 heteroatoms. The number of aliphatic hydroxyl groups is 1. The fraction of sp³-hybridized carbons (Fsp3) is 0.350. The molecule has 1 unspecified atom stereocenters. The van der Waals surface area contributed by atoms with Crippen molar-refractivity contribution in [1.82, 2.24) is 10.6 Å². The number of aliphatic imine (C=N–C) groups is 1. The summed E-state index contributed by atoms with van der Waals surface area (Å²) >= 11 is 1.54. The molecule has 26 heavy (non-hydrogen) atoms. The third kappa shape index (κ3) is 4.08. The van der Waals surface area contributed by atoms with Crippen molar-refractivity contribution in [2.75, 3.05) is 13.1 Å². The Kier molecular flexibility index (Phi) is 5.64. The molecule has 0 aliphatic rings. The first-order valence-corrected chi connectivity index (χ1v) is 9.65. The number of thiophene rings is 1. The minimum absolute atomic E-state index is 0.373. The van der Waals surface area contributed by atoms with Crippen molar-refractivity contribution < 1.29 is 9.52 Å². The number of nitrogens with zero attached hydrogens (tertiary/aromatic N) is 1. The van der Waals surface area contributed by atoms with Gasteiger partial charge in [-0.25, -0.2) is 4.99 Å². The summed E-state index contributed by atoms with van der Waals surface area (Å²) in [6.45, 7) is 7.43.